The molecule has 0 amide bonds. The van der Waals surface area contributed by atoms with Crippen LogP contribution in [0.4, 0.5) is 8.78 Å². The van der Waals surface area contributed by atoms with E-state index in [1.165, 1.54) is 19.3 Å². The Kier molecular flexibility index (Phi) is 5.15. The molecule has 0 radical (unpaired) electrons. The van der Waals surface area contributed by atoms with Crippen LogP contribution >= 0.6 is 12.0 Å². The third kappa shape index (κ3) is 3.97. The largest absolute Gasteiger partial charge is 0.691 e. The molecule has 8 heteroatoms. The molecule has 0 aromatic carbocycles. The lowest BCUT2D eigenvalue weighted by Crippen LogP contribution is -2.50. The number of carbonyl (C=O) groups is 1. The molecule has 0 aromatic rings. The molecule has 4 fully saturated rings. The Hall–Kier alpha value is -0.440. The predicted molar refractivity (Wildman–Crippen MR) is 75.5 cm³/mol. The van der Waals surface area contributed by atoms with Crippen LogP contribution < -0.4 is 5.26 Å². The number of hydrogen-bond acceptors (Lipinski definition) is 6. The van der Waals surface area contributed by atoms with Crippen molar-refractivity contribution in [2.75, 3.05) is 6.61 Å². The van der Waals surface area contributed by atoms with E-state index in [-0.39, 0.29) is 36.5 Å². The fraction of sp³-hybridized carbons (Fsp3) is 0.933. The summed E-state index contributed by atoms with van der Waals surface area (Å²) in [6.45, 7) is -0.0328. The molecule has 4 rings (SSSR count). The predicted octanol–water partition coefficient (Wildman–Crippen LogP) is 2.99. The number of rotatable bonds is 8. The highest BCUT2D eigenvalue weighted by molar-refractivity contribution is 7.95. The second kappa shape index (κ2) is 6.82. The van der Waals surface area contributed by atoms with Crippen molar-refractivity contribution in [3.05, 3.63) is 0 Å². The van der Waals surface area contributed by atoms with E-state index in [0.29, 0.717) is 17.8 Å². The Morgan fingerprint density at radius 2 is 1.74 bits per heavy atom. The van der Waals surface area contributed by atoms with Crippen LogP contribution in [0.3, 0.4) is 0 Å². The first-order valence-corrected chi connectivity index (χ1v) is 8.86. The van der Waals surface area contributed by atoms with Gasteiger partial charge in [-0.15, -0.1) is 0 Å². The van der Waals surface area contributed by atoms with Gasteiger partial charge in [0.15, 0.2) is 0 Å². The Bertz CT molecular complexity index is 410. The smallest absolute Gasteiger partial charge is 0.320 e. The highest BCUT2D eigenvalue weighted by Gasteiger charge is 2.55. The Balaban J connectivity index is 1.43. The minimum absolute atomic E-state index is 0.0142. The Morgan fingerprint density at radius 3 is 2.26 bits per heavy atom. The van der Waals surface area contributed by atoms with Crippen molar-refractivity contribution in [1.29, 1.82) is 0 Å². The zero-order chi connectivity index (χ0) is 16.5. The summed E-state index contributed by atoms with van der Waals surface area (Å²) in [5.41, 5.74) is -0.356. The lowest BCUT2D eigenvalue weighted by molar-refractivity contribution is -0.777. The van der Waals surface area contributed by atoms with Gasteiger partial charge in [0.2, 0.25) is 0 Å². The van der Waals surface area contributed by atoms with Crippen molar-refractivity contribution < 1.29 is 32.9 Å². The molecule has 4 bridgehead atoms. The lowest BCUT2D eigenvalue weighted by Gasteiger charge is -2.55. The number of hydrogen-bond donors (Lipinski definition) is 0. The summed E-state index contributed by atoms with van der Waals surface area (Å²) < 4.78 is 35.4. The summed E-state index contributed by atoms with van der Waals surface area (Å²) in [7, 11) is 0. The van der Waals surface area contributed by atoms with Gasteiger partial charge in [-0.3, -0.25) is 9.83 Å². The summed E-state index contributed by atoms with van der Waals surface area (Å²) >= 11 is -0.324. The maximum atomic E-state index is 13.2. The van der Waals surface area contributed by atoms with Gasteiger partial charge in [0.25, 0.3) is 0 Å². The fourth-order valence-corrected chi connectivity index (χ4v) is 5.42. The van der Waals surface area contributed by atoms with Crippen LogP contribution in [-0.2, 0) is 18.9 Å². The number of esters is 1. The normalized spacial score (nSPS) is 35.5. The standard InChI is InChI=1S/C15H22F2O5S/c16-15(17,23-22-21-19)2-1-3-20-13(18)14-7-10-4-11(8-14)6-12(5-10)9-14/h10-12,19H,1-9H2/p-1. The summed E-state index contributed by atoms with van der Waals surface area (Å²) in [5, 5.41) is 9.22. The summed E-state index contributed by atoms with van der Waals surface area (Å²) in [5.74, 6) is 1.71. The average Bonchev–Trinajstić information content (AvgIpc) is 2.48. The lowest BCUT2D eigenvalue weighted by atomic mass is 9.49. The van der Waals surface area contributed by atoms with Crippen molar-refractivity contribution in [1.82, 2.24) is 0 Å². The molecular formula is C15H21F2O5S-. The van der Waals surface area contributed by atoms with Gasteiger partial charge in [-0.1, -0.05) is 0 Å². The molecule has 0 N–H and O–H groups in total. The minimum atomic E-state index is -3.24. The van der Waals surface area contributed by atoms with Crippen molar-refractivity contribution in [3.8, 4) is 0 Å². The van der Waals surface area contributed by atoms with Crippen LogP contribution in [0.15, 0.2) is 0 Å². The van der Waals surface area contributed by atoms with E-state index in [1.807, 2.05) is 0 Å². The van der Waals surface area contributed by atoms with E-state index >= 15 is 0 Å². The topological polar surface area (TPSA) is 67.8 Å². The fourth-order valence-electron chi connectivity index (χ4n) is 5.06. The van der Waals surface area contributed by atoms with E-state index in [4.69, 9.17) is 4.74 Å². The third-order valence-corrected chi connectivity index (χ3v) is 6.07. The van der Waals surface area contributed by atoms with Crippen LogP contribution in [0.1, 0.15) is 51.4 Å². The SMILES string of the molecule is O=C(OCCCC(F)(F)SOO[O-])C12CC3CC(CC(C3)C1)C2. The van der Waals surface area contributed by atoms with E-state index in [2.05, 4.69) is 9.37 Å². The first kappa shape index (κ1) is 17.4. The first-order chi connectivity index (χ1) is 10.9. The monoisotopic (exact) mass is 351 g/mol. The maximum Gasteiger partial charge on any atom is 0.320 e. The number of halogens is 2. The molecule has 0 heterocycles. The van der Waals surface area contributed by atoms with Gasteiger partial charge in [-0.05, 0) is 62.7 Å². The average molecular weight is 351 g/mol. The van der Waals surface area contributed by atoms with Crippen molar-refractivity contribution in [2.24, 2.45) is 23.2 Å². The molecule has 5 nitrogen and oxygen atoms in total. The van der Waals surface area contributed by atoms with Gasteiger partial charge in [0.1, 0.15) is 12.0 Å². The first-order valence-electron chi connectivity index (χ1n) is 8.12. The summed E-state index contributed by atoms with van der Waals surface area (Å²) in [6, 6.07) is 0. The van der Waals surface area contributed by atoms with Crippen LogP contribution in [-0.4, -0.2) is 17.8 Å². The zero-order valence-electron chi connectivity index (χ0n) is 12.8. The zero-order valence-corrected chi connectivity index (χ0v) is 13.6. The van der Waals surface area contributed by atoms with Crippen molar-refractivity contribution >= 4 is 18.0 Å². The minimum Gasteiger partial charge on any atom is -0.691 e. The molecule has 0 atom stereocenters. The van der Waals surface area contributed by atoms with E-state index < -0.39 is 11.7 Å². The summed E-state index contributed by atoms with van der Waals surface area (Å²) in [4.78, 5) is 12.5. The quantitative estimate of drug-likeness (QED) is 0.220. The number of ether oxygens (including phenoxy) is 1. The molecule has 0 saturated heterocycles. The maximum absolute atomic E-state index is 13.2. The van der Waals surface area contributed by atoms with Gasteiger partial charge in [0, 0.05) is 6.42 Å². The second-order valence-corrected chi connectivity index (χ2v) is 8.19. The van der Waals surface area contributed by atoms with Gasteiger partial charge in [-0.2, -0.15) is 13.1 Å². The molecular weight excluding hydrogens is 330 g/mol. The highest BCUT2D eigenvalue weighted by Crippen LogP contribution is 2.60. The van der Waals surface area contributed by atoms with Gasteiger partial charge < -0.3 is 9.99 Å². The molecule has 4 saturated carbocycles. The third-order valence-electron chi connectivity index (χ3n) is 5.50. The Morgan fingerprint density at radius 1 is 1.17 bits per heavy atom. The van der Waals surface area contributed by atoms with Gasteiger partial charge >= 0.3 is 11.2 Å². The van der Waals surface area contributed by atoms with Crippen LogP contribution in [0.5, 0.6) is 0 Å². The molecule has 0 unspecified atom stereocenters. The summed E-state index contributed by atoms with van der Waals surface area (Å²) in [6.07, 6.45) is 5.87. The van der Waals surface area contributed by atoms with E-state index in [0.717, 1.165) is 19.3 Å². The highest BCUT2D eigenvalue weighted by atomic mass is 32.2. The molecule has 4 aliphatic rings. The van der Waals surface area contributed by atoms with Gasteiger partial charge in [0.05, 0.1) is 12.0 Å². The molecule has 0 spiro atoms. The van der Waals surface area contributed by atoms with E-state index in [1.54, 1.807) is 0 Å². The van der Waals surface area contributed by atoms with Crippen LogP contribution in [0.25, 0.3) is 0 Å². The molecule has 132 valence electrons. The second-order valence-electron chi connectivity index (χ2n) is 7.29. The molecule has 23 heavy (non-hydrogen) atoms. The van der Waals surface area contributed by atoms with Gasteiger partial charge in [-0.25, -0.2) is 0 Å². The number of carbonyl (C=O) groups excluding carboxylic acids is 1. The van der Waals surface area contributed by atoms with E-state index in [9.17, 15) is 18.8 Å². The van der Waals surface area contributed by atoms with Crippen LogP contribution in [0.2, 0.25) is 0 Å². The molecule has 0 aliphatic heterocycles. The molecule has 4 aliphatic carbocycles. The van der Waals surface area contributed by atoms with Crippen molar-refractivity contribution in [3.63, 3.8) is 0 Å². The van der Waals surface area contributed by atoms with Crippen LogP contribution in [0, 0.1) is 23.2 Å². The molecule has 0 aromatic heterocycles. The number of alkyl halides is 2. The Labute approximate surface area is 138 Å². The van der Waals surface area contributed by atoms with Crippen molar-refractivity contribution in [2.45, 2.75) is 56.6 Å².